The van der Waals surface area contributed by atoms with Gasteiger partial charge in [0.25, 0.3) is 0 Å². The molecule has 70 valence electrons. The van der Waals surface area contributed by atoms with Crippen LogP contribution in [0.25, 0.3) is 0 Å². The molecule has 0 bridgehead atoms. The summed E-state index contributed by atoms with van der Waals surface area (Å²) in [5.74, 6) is 0.811. The van der Waals surface area contributed by atoms with Crippen LogP contribution in [0.4, 0.5) is 0 Å². The lowest BCUT2D eigenvalue weighted by molar-refractivity contribution is 0.525. The Hall–Kier alpha value is -0.550. The molecule has 0 saturated carbocycles. The predicted molar refractivity (Wildman–Crippen MR) is 51.8 cm³/mol. The van der Waals surface area contributed by atoms with Gasteiger partial charge in [0.2, 0.25) is 0 Å². The molecular formula is C10H20N2. The highest BCUT2D eigenvalue weighted by molar-refractivity contribution is 4.68. The Morgan fingerprint density at radius 1 is 1.25 bits per heavy atom. The van der Waals surface area contributed by atoms with Gasteiger partial charge in [0, 0.05) is 6.42 Å². The molecule has 0 saturated heterocycles. The molecule has 0 fully saturated rings. The molecule has 0 unspecified atom stereocenters. The minimum absolute atomic E-state index is 0.678. The Bertz CT molecular complexity index is 124. The van der Waals surface area contributed by atoms with E-state index in [1.165, 1.54) is 12.8 Å². The smallest absolute Gasteiger partial charge is 0.0622 e. The summed E-state index contributed by atoms with van der Waals surface area (Å²) in [4.78, 5) is 0. The van der Waals surface area contributed by atoms with E-state index in [0.717, 1.165) is 25.4 Å². The van der Waals surface area contributed by atoms with Crippen LogP contribution in [0.5, 0.6) is 0 Å². The number of hydrogen-bond donors (Lipinski definition) is 1. The van der Waals surface area contributed by atoms with Crippen LogP contribution < -0.4 is 5.32 Å². The maximum absolute atomic E-state index is 8.26. The Balaban J connectivity index is 2.87. The van der Waals surface area contributed by atoms with Gasteiger partial charge < -0.3 is 5.32 Å². The van der Waals surface area contributed by atoms with Crippen LogP contribution in [0.15, 0.2) is 0 Å². The maximum atomic E-state index is 8.26. The normalized spacial score (nSPS) is 10.2. The molecule has 0 heterocycles. The number of nitrogens with one attached hydrogen (secondary N) is 1. The molecule has 0 rings (SSSR count). The quantitative estimate of drug-likeness (QED) is 0.592. The van der Waals surface area contributed by atoms with Crippen molar-refractivity contribution >= 4 is 0 Å². The van der Waals surface area contributed by atoms with E-state index in [9.17, 15) is 0 Å². The molecule has 0 aliphatic rings. The lowest BCUT2D eigenvalue weighted by atomic mass is 10.1. The summed E-state index contributed by atoms with van der Waals surface area (Å²) in [6.07, 6.45) is 4.21. The van der Waals surface area contributed by atoms with Crippen molar-refractivity contribution in [1.29, 1.82) is 5.26 Å². The molecule has 2 heteroatoms. The lowest BCUT2D eigenvalue weighted by Crippen LogP contribution is -2.16. The maximum Gasteiger partial charge on any atom is 0.0622 e. The summed E-state index contributed by atoms with van der Waals surface area (Å²) in [6, 6.07) is 2.14. The standard InChI is InChI=1S/C10H20N2/c1-10(2)6-5-9-12-8-4-3-7-11/h10,12H,3-6,8-9H2,1-2H3. The molecule has 0 radical (unpaired) electrons. The highest BCUT2D eigenvalue weighted by atomic mass is 14.8. The van der Waals surface area contributed by atoms with Crippen molar-refractivity contribution in [3.63, 3.8) is 0 Å². The van der Waals surface area contributed by atoms with Gasteiger partial charge in [0.05, 0.1) is 6.07 Å². The summed E-state index contributed by atoms with van der Waals surface area (Å²) in [7, 11) is 0. The zero-order valence-electron chi connectivity index (χ0n) is 8.27. The van der Waals surface area contributed by atoms with E-state index < -0.39 is 0 Å². The van der Waals surface area contributed by atoms with Gasteiger partial charge in [-0.2, -0.15) is 5.26 Å². The molecule has 2 nitrogen and oxygen atoms in total. The average Bonchev–Trinajstić information content (AvgIpc) is 2.02. The molecule has 0 aliphatic carbocycles. The van der Waals surface area contributed by atoms with E-state index in [-0.39, 0.29) is 0 Å². The first-order valence-electron chi connectivity index (χ1n) is 4.85. The summed E-state index contributed by atoms with van der Waals surface area (Å²) in [6.45, 7) is 6.58. The fraction of sp³-hybridized carbons (Fsp3) is 0.900. The van der Waals surface area contributed by atoms with E-state index in [1.807, 2.05) is 0 Å². The second-order valence-corrected chi connectivity index (χ2v) is 3.55. The Morgan fingerprint density at radius 2 is 1.92 bits per heavy atom. The fourth-order valence-corrected chi connectivity index (χ4v) is 1.05. The first-order chi connectivity index (χ1) is 5.77. The molecule has 0 amide bonds. The van der Waals surface area contributed by atoms with E-state index in [4.69, 9.17) is 5.26 Å². The van der Waals surface area contributed by atoms with Gasteiger partial charge in [-0.15, -0.1) is 0 Å². The largest absolute Gasteiger partial charge is 0.317 e. The molecule has 0 aromatic carbocycles. The summed E-state index contributed by atoms with van der Waals surface area (Å²) in [5.41, 5.74) is 0. The Morgan fingerprint density at radius 3 is 2.50 bits per heavy atom. The van der Waals surface area contributed by atoms with Gasteiger partial charge in [-0.1, -0.05) is 13.8 Å². The van der Waals surface area contributed by atoms with E-state index in [0.29, 0.717) is 6.42 Å². The first kappa shape index (κ1) is 11.4. The van der Waals surface area contributed by atoms with Crippen molar-refractivity contribution in [2.45, 2.75) is 39.5 Å². The molecule has 0 spiro atoms. The molecule has 0 aromatic heterocycles. The third kappa shape index (κ3) is 9.45. The summed E-state index contributed by atoms with van der Waals surface area (Å²) >= 11 is 0. The van der Waals surface area contributed by atoms with Crippen molar-refractivity contribution in [3.8, 4) is 6.07 Å². The number of nitrogens with zero attached hydrogens (tertiary/aromatic N) is 1. The third-order valence-corrected chi connectivity index (χ3v) is 1.78. The van der Waals surface area contributed by atoms with Crippen molar-refractivity contribution < 1.29 is 0 Å². The Kier molecular flexibility index (Phi) is 8.15. The fourth-order valence-electron chi connectivity index (χ4n) is 1.05. The van der Waals surface area contributed by atoms with Gasteiger partial charge in [-0.3, -0.25) is 0 Å². The number of nitriles is 1. The van der Waals surface area contributed by atoms with Crippen LogP contribution in [0, 0.1) is 17.2 Å². The predicted octanol–water partition coefficient (Wildman–Crippen LogP) is 2.32. The molecule has 12 heavy (non-hydrogen) atoms. The van der Waals surface area contributed by atoms with Crippen LogP contribution >= 0.6 is 0 Å². The molecular weight excluding hydrogens is 148 g/mol. The molecule has 1 N–H and O–H groups in total. The van der Waals surface area contributed by atoms with Crippen LogP contribution in [0.2, 0.25) is 0 Å². The number of hydrogen-bond acceptors (Lipinski definition) is 2. The number of rotatable bonds is 7. The monoisotopic (exact) mass is 168 g/mol. The van der Waals surface area contributed by atoms with Crippen molar-refractivity contribution in [3.05, 3.63) is 0 Å². The van der Waals surface area contributed by atoms with Crippen molar-refractivity contribution in [1.82, 2.24) is 5.32 Å². The topological polar surface area (TPSA) is 35.8 Å². The first-order valence-corrected chi connectivity index (χ1v) is 4.85. The minimum Gasteiger partial charge on any atom is -0.317 e. The van der Waals surface area contributed by atoms with Gasteiger partial charge in [-0.05, 0) is 38.3 Å². The second kappa shape index (κ2) is 8.55. The van der Waals surface area contributed by atoms with E-state index in [2.05, 4.69) is 25.2 Å². The van der Waals surface area contributed by atoms with Crippen LogP contribution in [0.1, 0.15) is 39.5 Å². The van der Waals surface area contributed by atoms with Crippen LogP contribution in [-0.2, 0) is 0 Å². The van der Waals surface area contributed by atoms with Gasteiger partial charge >= 0.3 is 0 Å². The Labute approximate surface area is 76.0 Å². The van der Waals surface area contributed by atoms with Crippen molar-refractivity contribution in [2.24, 2.45) is 5.92 Å². The molecule has 0 atom stereocenters. The van der Waals surface area contributed by atoms with E-state index in [1.54, 1.807) is 0 Å². The SMILES string of the molecule is CC(C)CCCNCCCC#N. The summed E-state index contributed by atoms with van der Waals surface area (Å²) in [5, 5.41) is 11.6. The van der Waals surface area contributed by atoms with E-state index >= 15 is 0 Å². The highest BCUT2D eigenvalue weighted by Crippen LogP contribution is 2.01. The van der Waals surface area contributed by atoms with Gasteiger partial charge in [0.1, 0.15) is 0 Å². The van der Waals surface area contributed by atoms with Crippen LogP contribution in [-0.4, -0.2) is 13.1 Å². The van der Waals surface area contributed by atoms with Crippen LogP contribution in [0.3, 0.4) is 0 Å². The zero-order chi connectivity index (χ0) is 9.23. The van der Waals surface area contributed by atoms with Gasteiger partial charge in [-0.25, -0.2) is 0 Å². The lowest BCUT2D eigenvalue weighted by Gasteiger charge is -2.04. The van der Waals surface area contributed by atoms with Gasteiger partial charge in [0.15, 0.2) is 0 Å². The average molecular weight is 168 g/mol. The minimum atomic E-state index is 0.678. The van der Waals surface area contributed by atoms with Crippen molar-refractivity contribution in [2.75, 3.05) is 13.1 Å². The highest BCUT2D eigenvalue weighted by Gasteiger charge is 1.92. The zero-order valence-corrected chi connectivity index (χ0v) is 8.27. The molecule has 0 aromatic rings. The third-order valence-electron chi connectivity index (χ3n) is 1.78. The molecule has 0 aliphatic heterocycles. The number of unbranched alkanes of at least 4 members (excludes halogenated alkanes) is 1. The summed E-state index contributed by atoms with van der Waals surface area (Å²) < 4.78 is 0. The second-order valence-electron chi connectivity index (χ2n) is 3.55.